The molecule has 2 unspecified atom stereocenters. The van der Waals surface area contributed by atoms with Crippen LogP contribution in [0.5, 0.6) is 0 Å². The maximum absolute atomic E-state index is 13.5. The van der Waals surface area contributed by atoms with Crippen molar-refractivity contribution in [3.8, 4) is 5.69 Å². The molecule has 0 bridgehead atoms. The van der Waals surface area contributed by atoms with E-state index >= 15 is 0 Å². The Morgan fingerprint density at radius 2 is 1.86 bits per heavy atom. The fraction of sp³-hybridized carbons (Fsp3) is 0.385. The van der Waals surface area contributed by atoms with E-state index in [1.165, 1.54) is 30.6 Å². The van der Waals surface area contributed by atoms with E-state index in [4.69, 9.17) is 39.9 Å². The molecule has 1 N–H and O–H groups in total. The molecule has 1 saturated carbocycles. The zero-order chi connectivity index (χ0) is 24.1. The Bertz CT molecular complexity index is 1320. The average molecular weight is 548 g/mol. The largest absolute Gasteiger partial charge is 0.286 e. The number of rotatable bonds is 4. The standard InChI is InChI=1S/C26H25Cl3N4OS/c27-18-7-9-22(21(28)12-18)33-25-15(11-19-8-10-23(29)35-19)3-2-6-20(25)24(30-33)26(34)31-32-13-16-4-1-5-17(16)14-32/h7-12,16-17H,1-6,13-14H2,(H,31,34). The van der Waals surface area contributed by atoms with E-state index in [1.807, 2.05) is 22.9 Å². The highest BCUT2D eigenvalue weighted by atomic mass is 35.5. The van der Waals surface area contributed by atoms with Gasteiger partial charge in [0.05, 0.1) is 20.7 Å². The number of benzene rings is 1. The number of aromatic nitrogens is 2. The summed E-state index contributed by atoms with van der Waals surface area (Å²) >= 11 is 20.5. The number of nitrogens with zero attached hydrogens (tertiary/aromatic N) is 3. The van der Waals surface area contributed by atoms with Crippen LogP contribution in [0.4, 0.5) is 0 Å². The molecule has 1 aliphatic heterocycles. The van der Waals surface area contributed by atoms with Gasteiger partial charge in [-0.25, -0.2) is 9.69 Å². The molecular weight excluding hydrogens is 523 g/mol. The van der Waals surface area contributed by atoms with Crippen LogP contribution in [-0.4, -0.2) is 33.8 Å². The number of allylic oxidation sites excluding steroid dienone is 1. The Balaban J connectivity index is 1.41. The Kier molecular flexibility index (Phi) is 6.44. The molecule has 5 nitrogen and oxygen atoms in total. The first-order chi connectivity index (χ1) is 17.0. The molecule has 35 heavy (non-hydrogen) atoms. The van der Waals surface area contributed by atoms with Gasteiger partial charge >= 0.3 is 0 Å². The molecule has 9 heteroatoms. The van der Waals surface area contributed by atoms with Crippen molar-refractivity contribution in [1.82, 2.24) is 20.2 Å². The number of hydrogen-bond acceptors (Lipinski definition) is 4. The van der Waals surface area contributed by atoms with E-state index in [1.54, 1.807) is 12.1 Å². The summed E-state index contributed by atoms with van der Waals surface area (Å²) < 4.78 is 2.57. The van der Waals surface area contributed by atoms with Gasteiger partial charge in [-0.05, 0) is 85.9 Å². The van der Waals surface area contributed by atoms with Gasteiger partial charge in [0.15, 0.2) is 5.69 Å². The minimum Gasteiger partial charge on any atom is -0.283 e. The van der Waals surface area contributed by atoms with Gasteiger partial charge in [0.2, 0.25) is 0 Å². The van der Waals surface area contributed by atoms with Crippen molar-refractivity contribution < 1.29 is 4.79 Å². The molecule has 6 rings (SSSR count). The highest BCUT2D eigenvalue weighted by Crippen LogP contribution is 2.39. The summed E-state index contributed by atoms with van der Waals surface area (Å²) in [5, 5.41) is 7.99. The smallest absolute Gasteiger partial charge is 0.283 e. The summed E-state index contributed by atoms with van der Waals surface area (Å²) in [7, 11) is 0. The Morgan fingerprint density at radius 1 is 1.06 bits per heavy atom. The van der Waals surface area contributed by atoms with E-state index in [0.29, 0.717) is 33.3 Å². The van der Waals surface area contributed by atoms with Gasteiger partial charge in [-0.2, -0.15) is 5.10 Å². The molecule has 3 aliphatic rings. The molecular formula is C26H25Cl3N4OS. The van der Waals surface area contributed by atoms with Gasteiger partial charge in [-0.1, -0.05) is 41.2 Å². The average Bonchev–Trinajstić information content (AvgIpc) is 3.58. The van der Waals surface area contributed by atoms with Crippen LogP contribution < -0.4 is 5.43 Å². The first-order valence-electron chi connectivity index (χ1n) is 12.1. The second kappa shape index (κ2) is 9.56. The van der Waals surface area contributed by atoms with Crippen LogP contribution >= 0.6 is 46.1 Å². The fourth-order valence-corrected chi connectivity index (χ4v) is 7.36. The number of carbonyl (C=O) groups is 1. The third-order valence-electron chi connectivity index (χ3n) is 7.41. The lowest BCUT2D eigenvalue weighted by Gasteiger charge is -2.20. The van der Waals surface area contributed by atoms with Crippen LogP contribution in [0.3, 0.4) is 0 Å². The summed E-state index contributed by atoms with van der Waals surface area (Å²) in [5.74, 6) is 1.24. The third kappa shape index (κ3) is 4.56. The fourth-order valence-electron chi connectivity index (χ4n) is 5.84. The van der Waals surface area contributed by atoms with Crippen LogP contribution in [0.15, 0.2) is 30.3 Å². The van der Waals surface area contributed by atoms with Crippen LogP contribution in [-0.2, 0) is 6.42 Å². The Hall–Kier alpha value is -1.83. The van der Waals surface area contributed by atoms with Crippen molar-refractivity contribution in [2.45, 2.75) is 38.5 Å². The summed E-state index contributed by atoms with van der Waals surface area (Å²) in [6.45, 7) is 1.85. The Labute approximate surface area is 223 Å². The van der Waals surface area contributed by atoms with Gasteiger partial charge in [-0.3, -0.25) is 10.2 Å². The van der Waals surface area contributed by atoms with E-state index < -0.39 is 0 Å². The van der Waals surface area contributed by atoms with Crippen molar-refractivity contribution in [2.75, 3.05) is 13.1 Å². The summed E-state index contributed by atoms with van der Waals surface area (Å²) in [5.41, 5.74) is 7.36. The van der Waals surface area contributed by atoms with Crippen molar-refractivity contribution in [1.29, 1.82) is 0 Å². The lowest BCUT2D eigenvalue weighted by Crippen LogP contribution is -2.41. The van der Waals surface area contributed by atoms with Crippen molar-refractivity contribution in [3.63, 3.8) is 0 Å². The summed E-state index contributed by atoms with van der Waals surface area (Å²) in [6.07, 6.45) is 8.61. The predicted octanol–water partition coefficient (Wildman–Crippen LogP) is 7.15. The van der Waals surface area contributed by atoms with Crippen molar-refractivity contribution >= 4 is 63.7 Å². The van der Waals surface area contributed by atoms with E-state index in [0.717, 1.165) is 58.4 Å². The zero-order valence-electron chi connectivity index (χ0n) is 19.1. The SMILES string of the molecule is O=C(NN1CC2CCCC2C1)c1nn(-c2ccc(Cl)cc2Cl)c2c1CCCC2=Cc1ccc(Cl)s1. The van der Waals surface area contributed by atoms with Gasteiger partial charge in [0.25, 0.3) is 5.91 Å². The van der Waals surface area contributed by atoms with Crippen molar-refractivity contribution in [2.24, 2.45) is 11.8 Å². The Morgan fingerprint density at radius 3 is 2.57 bits per heavy atom. The van der Waals surface area contributed by atoms with Crippen molar-refractivity contribution in [3.05, 3.63) is 66.5 Å². The number of amides is 1. The maximum atomic E-state index is 13.5. The van der Waals surface area contributed by atoms with E-state index in [2.05, 4.69) is 16.5 Å². The van der Waals surface area contributed by atoms with E-state index in [-0.39, 0.29) is 5.91 Å². The van der Waals surface area contributed by atoms with Crippen LogP contribution in [0.2, 0.25) is 14.4 Å². The minimum atomic E-state index is -0.148. The number of nitrogens with one attached hydrogen (secondary N) is 1. The highest BCUT2D eigenvalue weighted by molar-refractivity contribution is 7.17. The first-order valence-corrected chi connectivity index (χ1v) is 14.0. The first kappa shape index (κ1) is 23.6. The quantitative estimate of drug-likeness (QED) is 0.377. The molecule has 1 aromatic carbocycles. The van der Waals surface area contributed by atoms with Gasteiger partial charge < -0.3 is 0 Å². The number of hydrazine groups is 1. The third-order valence-corrected chi connectivity index (χ3v) is 9.13. The molecule has 2 atom stereocenters. The predicted molar refractivity (Wildman–Crippen MR) is 144 cm³/mol. The molecule has 1 amide bonds. The molecule has 0 spiro atoms. The summed E-state index contributed by atoms with van der Waals surface area (Å²) in [6, 6.07) is 9.28. The number of halogens is 3. The normalized spacial score (nSPS) is 23.0. The second-order valence-corrected chi connectivity index (χ2v) is 12.2. The molecule has 1 saturated heterocycles. The number of thiophene rings is 1. The van der Waals surface area contributed by atoms with Gasteiger partial charge in [-0.15, -0.1) is 11.3 Å². The molecule has 2 aliphatic carbocycles. The maximum Gasteiger partial charge on any atom is 0.286 e. The molecule has 182 valence electrons. The highest BCUT2D eigenvalue weighted by Gasteiger charge is 2.37. The zero-order valence-corrected chi connectivity index (χ0v) is 22.2. The second-order valence-electron chi connectivity index (χ2n) is 9.65. The minimum absolute atomic E-state index is 0.148. The van der Waals surface area contributed by atoms with Gasteiger partial charge in [0, 0.05) is 28.6 Å². The van der Waals surface area contributed by atoms with Gasteiger partial charge in [0.1, 0.15) is 0 Å². The summed E-state index contributed by atoms with van der Waals surface area (Å²) in [4.78, 5) is 14.6. The van der Waals surface area contributed by atoms with E-state index in [9.17, 15) is 4.79 Å². The number of carbonyl (C=O) groups excluding carboxylic acids is 1. The van der Waals surface area contributed by atoms with Crippen LogP contribution in [0, 0.1) is 11.8 Å². The lowest BCUT2D eigenvalue weighted by molar-refractivity contribution is 0.0807. The lowest BCUT2D eigenvalue weighted by atomic mass is 9.90. The molecule has 0 radical (unpaired) electrons. The monoisotopic (exact) mass is 546 g/mol. The molecule has 3 aromatic rings. The topological polar surface area (TPSA) is 50.2 Å². The van der Waals surface area contributed by atoms with Crippen LogP contribution in [0.25, 0.3) is 17.3 Å². The molecule has 3 heterocycles. The van der Waals surface area contributed by atoms with Crippen LogP contribution in [0.1, 0.15) is 58.7 Å². The number of hydrogen-bond donors (Lipinski definition) is 1. The molecule has 2 aromatic heterocycles. The molecule has 2 fully saturated rings. The number of fused-ring (bicyclic) bond motifs is 2.